The van der Waals surface area contributed by atoms with E-state index < -0.39 is 0 Å². The summed E-state index contributed by atoms with van der Waals surface area (Å²) in [5.74, 6) is -0.0127. The average molecular weight is 427 g/mol. The van der Waals surface area contributed by atoms with Crippen molar-refractivity contribution in [3.05, 3.63) is 69.6 Å². The van der Waals surface area contributed by atoms with Crippen LogP contribution in [0.15, 0.2) is 47.3 Å². The van der Waals surface area contributed by atoms with E-state index in [9.17, 15) is 9.59 Å². The number of nitrogen functional groups attached to an aromatic ring is 1. The minimum Gasteiger partial charge on any atom is -0.399 e. The number of amides is 1. The van der Waals surface area contributed by atoms with Gasteiger partial charge in [0, 0.05) is 17.6 Å². The molecular formula is C23H27ClN4O2. The van der Waals surface area contributed by atoms with Gasteiger partial charge in [-0.25, -0.2) is 4.68 Å². The Morgan fingerprint density at radius 1 is 1.23 bits per heavy atom. The maximum absolute atomic E-state index is 13.2. The van der Waals surface area contributed by atoms with Crippen LogP contribution in [0.1, 0.15) is 54.3 Å². The summed E-state index contributed by atoms with van der Waals surface area (Å²) in [6.45, 7) is 4.51. The van der Waals surface area contributed by atoms with E-state index in [2.05, 4.69) is 10.4 Å². The number of hydrogen-bond donors (Lipinski definition) is 2. The molecule has 1 aliphatic rings. The van der Waals surface area contributed by atoms with Gasteiger partial charge >= 0.3 is 0 Å². The van der Waals surface area contributed by atoms with E-state index >= 15 is 0 Å². The number of rotatable bonds is 4. The molecule has 0 aliphatic heterocycles. The van der Waals surface area contributed by atoms with E-state index in [-0.39, 0.29) is 35.8 Å². The summed E-state index contributed by atoms with van der Waals surface area (Å²) in [6, 6.07) is 13.0. The van der Waals surface area contributed by atoms with Gasteiger partial charge in [-0.05, 0) is 54.5 Å². The summed E-state index contributed by atoms with van der Waals surface area (Å²) in [7, 11) is 0. The number of fused-ring (bicyclic) bond motifs is 2. The number of hydrogen-bond acceptors (Lipinski definition) is 4. The lowest BCUT2D eigenvalue weighted by Gasteiger charge is -2.26. The second kappa shape index (κ2) is 8.88. The van der Waals surface area contributed by atoms with Crippen LogP contribution in [0, 0.1) is 5.92 Å². The zero-order chi connectivity index (χ0) is 20.5. The standard InChI is InChI=1S/C23H26N4O2.ClH/c1-14(2)13-27-23(29)19-8-4-3-7-18(19)21(26-27)22(28)25-20-9-5-6-15-12-16(24)10-11-17(15)20;/h3-4,7-8,10-12,14,20H,5-6,9,13,24H2,1-2H3,(H,25,28);1H. The highest BCUT2D eigenvalue weighted by molar-refractivity contribution is 6.04. The number of benzene rings is 2. The van der Waals surface area contributed by atoms with E-state index in [0.29, 0.717) is 23.0 Å². The molecule has 1 aromatic heterocycles. The minimum atomic E-state index is -0.256. The number of nitrogens with one attached hydrogen (secondary N) is 1. The molecule has 0 saturated carbocycles. The van der Waals surface area contributed by atoms with E-state index in [1.54, 1.807) is 12.1 Å². The van der Waals surface area contributed by atoms with Gasteiger partial charge in [0.1, 0.15) is 0 Å². The Hall–Kier alpha value is -2.86. The zero-order valence-electron chi connectivity index (χ0n) is 17.2. The van der Waals surface area contributed by atoms with Gasteiger partial charge in [-0.1, -0.05) is 38.1 Å². The Labute approximate surface area is 181 Å². The number of halogens is 1. The van der Waals surface area contributed by atoms with Gasteiger partial charge in [-0.2, -0.15) is 5.10 Å². The van der Waals surface area contributed by atoms with Crippen molar-refractivity contribution in [1.82, 2.24) is 15.1 Å². The highest BCUT2D eigenvalue weighted by Crippen LogP contribution is 2.31. The molecule has 6 nitrogen and oxygen atoms in total. The van der Waals surface area contributed by atoms with Crippen LogP contribution in [-0.4, -0.2) is 15.7 Å². The molecule has 1 aliphatic carbocycles. The first-order valence-corrected chi connectivity index (χ1v) is 10.1. The maximum Gasteiger partial charge on any atom is 0.274 e. The highest BCUT2D eigenvalue weighted by atomic mass is 35.5. The molecule has 1 heterocycles. The van der Waals surface area contributed by atoms with Crippen LogP contribution in [0.4, 0.5) is 5.69 Å². The number of nitrogens with zero attached hydrogens (tertiary/aromatic N) is 2. The Balaban J connectivity index is 0.00000256. The topological polar surface area (TPSA) is 90.0 Å². The van der Waals surface area contributed by atoms with Crippen molar-refractivity contribution < 1.29 is 4.79 Å². The molecule has 3 N–H and O–H groups in total. The summed E-state index contributed by atoms with van der Waals surface area (Å²) in [5.41, 5.74) is 9.09. The molecule has 1 atom stereocenters. The van der Waals surface area contributed by atoms with Gasteiger partial charge in [-0.3, -0.25) is 9.59 Å². The molecule has 158 valence electrons. The highest BCUT2D eigenvalue weighted by Gasteiger charge is 2.24. The lowest BCUT2D eigenvalue weighted by molar-refractivity contribution is 0.0927. The molecule has 3 aromatic rings. The predicted octanol–water partition coefficient (Wildman–Crippen LogP) is 3.86. The number of aryl methyl sites for hydroxylation is 1. The Morgan fingerprint density at radius 2 is 1.97 bits per heavy atom. The fourth-order valence-electron chi connectivity index (χ4n) is 4.08. The number of carbonyl (C=O) groups excluding carboxylic acids is 1. The quantitative estimate of drug-likeness (QED) is 0.620. The summed E-state index contributed by atoms with van der Waals surface area (Å²) < 4.78 is 1.41. The van der Waals surface area contributed by atoms with Crippen molar-refractivity contribution in [2.45, 2.75) is 45.7 Å². The van der Waals surface area contributed by atoms with E-state index in [1.165, 1.54) is 10.2 Å². The zero-order valence-corrected chi connectivity index (χ0v) is 18.0. The van der Waals surface area contributed by atoms with Gasteiger partial charge in [0.2, 0.25) is 0 Å². The van der Waals surface area contributed by atoms with Crippen LogP contribution in [0.5, 0.6) is 0 Å². The third-order valence-electron chi connectivity index (χ3n) is 5.41. The monoisotopic (exact) mass is 426 g/mol. The third kappa shape index (κ3) is 4.19. The van der Waals surface area contributed by atoms with Gasteiger partial charge in [0.15, 0.2) is 5.69 Å². The molecule has 0 saturated heterocycles. The van der Waals surface area contributed by atoms with Crippen molar-refractivity contribution in [2.24, 2.45) is 5.92 Å². The SMILES string of the molecule is CC(C)Cn1nc(C(=O)NC2CCCc3cc(N)ccc32)c2ccccc2c1=O.Cl. The molecule has 0 spiro atoms. The van der Waals surface area contributed by atoms with E-state index in [4.69, 9.17) is 5.73 Å². The molecule has 1 unspecified atom stereocenters. The number of anilines is 1. The van der Waals surface area contributed by atoms with Crippen LogP contribution in [-0.2, 0) is 13.0 Å². The van der Waals surface area contributed by atoms with Crippen molar-refractivity contribution in [3.8, 4) is 0 Å². The smallest absolute Gasteiger partial charge is 0.274 e. The van der Waals surface area contributed by atoms with Crippen molar-refractivity contribution in [1.29, 1.82) is 0 Å². The molecule has 0 radical (unpaired) electrons. The van der Waals surface area contributed by atoms with Crippen molar-refractivity contribution in [3.63, 3.8) is 0 Å². The largest absolute Gasteiger partial charge is 0.399 e. The Kier molecular flexibility index (Phi) is 6.46. The normalized spacial score (nSPS) is 15.5. The first-order chi connectivity index (χ1) is 13.9. The summed E-state index contributed by atoms with van der Waals surface area (Å²) in [6.07, 6.45) is 2.82. The number of carbonyl (C=O) groups is 1. The molecule has 2 aromatic carbocycles. The molecule has 1 amide bonds. The summed E-state index contributed by atoms with van der Waals surface area (Å²) >= 11 is 0. The van der Waals surface area contributed by atoms with Crippen LogP contribution in [0.3, 0.4) is 0 Å². The average Bonchev–Trinajstić information content (AvgIpc) is 2.69. The second-order valence-electron chi connectivity index (χ2n) is 8.15. The van der Waals surface area contributed by atoms with Crippen molar-refractivity contribution in [2.75, 3.05) is 5.73 Å². The molecule has 30 heavy (non-hydrogen) atoms. The Bertz CT molecular complexity index is 1140. The van der Waals surface area contributed by atoms with Gasteiger partial charge in [0.25, 0.3) is 11.5 Å². The fraction of sp³-hybridized carbons (Fsp3) is 0.348. The van der Waals surface area contributed by atoms with Crippen LogP contribution < -0.4 is 16.6 Å². The molecule has 0 bridgehead atoms. The lowest BCUT2D eigenvalue weighted by Crippen LogP contribution is -2.34. The molecule has 0 fully saturated rings. The van der Waals surface area contributed by atoms with Crippen LogP contribution >= 0.6 is 12.4 Å². The first kappa shape index (κ1) is 21.8. The van der Waals surface area contributed by atoms with E-state index in [1.807, 2.05) is 44.2 Å². The minimum absolute atomic E-state index is 0. The van der Waals surface area contributed by atoms with Gasteiger partial charge in [0.05, 0.1) is 11.4 Å². The number of nitrogens with two attached hydrogens (primary N) is 1. The Morgan fingerprint density at radius 3 is 2.70 bits per heavy atom. The van der Waals surface area contributed by atoms with Crippen LogP contribution in [0.2, 0.25) is 0 Å². The third-order valence-corrected chi connectivity index (χ3v) is 5.41. The number of aromatic nitrogens is 2. The lowest BCUT2D eigenvalue weighted by atomic mass is 9.87. The van der Waals surface area contributed by atoms with Crippen LogP contribution in [0.25, 0.3) is 10.8 Å². The van der Waals surface area contributed by atoms with Crippen molar-refractivity contribution >= 4 is 34.8 Å². The predicted molar refractivity (Wildman–Crippen MR) is 122 cm³/mol. The van der Waals surface area contributed by atoms with Gasteiger partial charge < -0.3 is 11.1 Å². The first-order valence-electron chi connectivity index (χ1n) is 10.1. The fourth-order valence-corrected chi connectivity index (χ4v) is 4.08. The molecule has 4 rings (SSSR count). The molecule has 7 heteroatoms. The van der Waals surface area contributed by atoms with E-state index in [0.717, 1.165) is 30.5 Å². The van der Waals surface area contributed by atoms with Gasteiger partial charge in [-0.15, -0.1) is 12.4 Å². The molecular weight excluding hydrogens is 400 g/mol. The summed E-state index contributed by atoms with van der Waals surface area (Å²) in [4.78, 5) is 26.0. The summed E-state index contributed by atoms with van der Waals surface area (Å²) in [5, 5.41) is 8.70. The second-order valence-corrected chi connectivity index (χ2v) is 8.15. The maximum atomic E-state index is 13.2.